The molecule has 0 bridgehead atoms. The smallest absolute Gasteiger partial charge is 0.322 e. The molecule has 3 unspecified atom stereocenters. The minimum atomic E-state index is -0.285. The largest absolute Gasteiger partial charge is 0.468 e. The van der Waals surface area contributed by atoms with E-state index >= 15 is 0 Å². The van der Waals surface area contributed by atoms with Crippen LogP contribution in [-0.2, 0) is 9.53 Å². The lowest BCUT2D eigenvalue weighted by Crippen LogP contribution is -2.47. The molecule has 0 amide bonds. The lowest BCUT2D eigenvalue weighted by molar-refractivity contribution is -0.143. The van der Waals surface area contributed by atoms with Gasteiger partial charge in [0.05, 0.1) is 7.11 Å². The molecule has 1 aliphatic carbocycles. The van der Waals surface area contributed by atoms with Crippen LogP contribution < -0.4 is 5.32 Å². The Labute approximate surface area is 91.0 Å². The van der Waals surface area contributed by atoms with E-state index in [1.807, 2.05) is 0 Å². The van der Waals surface area contributed by atoms with Crippen molar-refractivity contribution in [2.75, 3.05) is 13.7 Å². The molecule has 1 rings (SSSR count). The molecule has 0 aromatic carbocycles. The van der Waals surface area contributed by atoms with E-state index in [9.17, 15) is 9.90 Å². The fourth-order valence-corrected chi connectivity index (χ4v) is 2.21. The van der Waals surface area contributed by atoms with Gasteiger partial charge in [-0.25, -0.2) is 0 Å². The van der Waals surface area contributed by atoms with Crippen LogP contribution in [0.15, 0.2) is 0 Å². The molecule has 88 valence electrons. The molecule has 4 heteroatoms. The first-order valence-corrected chi connectivity index (χ1v) is 5.63. The standard InChI is InChI=1S/C11H21NO3/c1-8(11(14)15-2)12-10-6-4-3-5-9(10)7-13/h8-10,12-13H,3-7H2,1-2H3. The van der Waals surface area contributed by atoms with Gasteiger partial charge in [0.2, 0.25) is 0 Å². The highest BCUT2D eigenvalue weighted by Gasteiger charge is 2.27. The van der Waals surface area contributed by atoms with E-state index in [0.717, 1.165) is 12.8 Å². The molecule has 15 heavy (non-hydrogen) atoms. The predicted molar refractivity (Wildman–Crippen MR) is 57.4 cm³/mol. The SMILES string of the molecule is COC(=O)C(C)NC1CCCCC1CO. The van der Waals surface area contributed by atoms with Gasteiger partial charge in [-0.2, -0.15) is 0 Å². The van der Waals surface area contributed by atoms with E-state index in [-0.39, 0.29) is 30.6 Å². The third-order valence-corrected chi connectivity index (χ3v) is 3.16. The fourth-order valence-electron chi connectivity index (χ4n) is 2.21. The number of esters is 1. The summed E-state index contributed by atoms with van der Waals surface area (Å²) in [5.41, 5.74) is 0. The average Bonchev–Trinajstić information content (AvgIpc) is 2.28. The van der Waals surface area contributed by atoms with Crippen molar-refractivity contribution in [2.45, 2.75) is 44.7 Å². The summed E-state index contributed by atoms with van der Waals surface area (Å²) in [5, 5.41) is 12.4. The summed E-state index contributed by atoms with van der Waals surface area (Å²) in [7, 11) is 1.39. The molecule has 0 radical (unpaired) electrons. The number of carbonyl (C=O) groups excluding carboxylic acids is 1. The Bertz CT molecular complexity index is 208. The van der Waals surface area contributed by atoms with Crippen LogP contribution in [0, 0.1) is 5.92 Å². The van der Waals surface area contributed by atoms with E-state index in [0.29, 0.717) is 0 Å². The fraction of sp³-hybridized carbons (Fsp3) is 0.909. The molecule has 2 N–H and O–H groups in total. The molecule has 0 heterocycles. The van der Waals surface area contributed by atoms with E-state index < -0.39 is 0 Å². The van der Waals surface area contributed by atoms with E-state index in [1.54, 1.807) is 6.92 Å². The topological polar surface area (TPSA) is 58.6 Å². The summed E-state index contributed by atoms with van der Waals surface area (Å²) in [6.07, 6.45) is 4.42. The summed E-state index contributed by atoms with van der Waals surface area (Å²) in [6.45, 7) is 2.00. The first-order valence-electron chi connectivity index (χ1n) is 5.63. The van der Waals surface area contributed by atoms with Gasteiger partial charge < -0.3 is 15.2 Å². The molecule has 0 spiro atoms. The highest BCUT2D eigenvalue weighted by Crippen LogP contribution is 2.24. The molecular formula is C11H21NO3. The molecule has 0 aromatic heterocycles. The van der Waals surface area contributed by atoms with Crippen molar-refractivity contribution in [3.05, 3.63) is 0 Å². The minimum Gasteiger partial charge on any atom is -0.468 e. The van der Waals surface area contributed by atoms with Gasteiger partial charge in [-0.15, -0.1) is 0 Å². The summed E-state index contributed by atoms with van der Waals surface area (Å²) >= 11 is 0. The van der Waals surface area contributed by atoms with Gasteiger partial charge >= 0.3 is 5.97 Å². The molecule has 1 saturated carbocycles. The maximum absolute atomic E-state index is 11.2. The highest BCUT2D eigenvalue weighted by atomic mass is 16.5. The summed E-state index contributed by atoms with van der Waals surface area (Å²) in [5.74, 6) is 0.0446. The van der Waals surface area contributed by atoms with Crippen LogP contribution in [-0.4, -0.2) is 36.9 Å². The van der Waals surface area contributed by atoms with Gasteiger partial charge in [0.1, 0.15) is 6.04 Å². The number of carbonyl (C=O) groups is 1. The predicted octanol–water partition coefficient (Wildman–Crippen LogP) is 0.689. The maximum Gasteiger partial charge on any atom is 0.322 e. The summed E-state index contributed by atoms with van der Waals surface area (Å²) in [4.78, 5) is 11.2. The second-order valence-corrected chi connectivity index (χ2v) is 4.25. The number of hydrogen-bond donors (Lipinski definition) is 2. The third-order valence-electron chi connectivity index (χ3n) is 3.16. The molecular weight excluding hydrogens is 194 g/mol. The van der Waals surface area contributed by atoms with Crippen molar-refractivity contribution in [1.29, 1.82) is 0 Å². The van der Waals surface area contributed by atoms with Crippen molar-refractivity contribution >= 4 is 5.97 Å². The highest BCUT2D eigenvalue weighted by molar-refractivity contribution is 5.75. The van der Waals surface area contributed by atoms with E-state index in [2.05, 4.69) is 10.1 Å². The Morgan fingerprint density at radius 2 is 2.20 bits per heavy atom. The third kappa shape index (κ3) is 3.47. The molecule has 4 nitrogen and oxygen atoms in total. The molecule has 0 saturated heterocycles. The molecule has 1 fully saturated rings. The molecule has 1 aliphatic rings. The zero-order chi connectivity index (χ0) is 11.3. The van der Waals surface area contributed by atoms with Crippen LogP contribution in [0.4, 0.5) is 0 Å². The number of hydrogen-bond acceptors (Lipinski definition) is 4. The summed E-state index contributed by atoms with van der Waals surface area (Å²) < 4.78 is 4.66. The Morgan fingerprint density at radius 1 is 1.53 bits per heavy atom. The minimum absolute atomic E-state index is 0.200. The van der Waals surface area contributed by atoms with Crippen molar-refractivity contribution < 1.29 is 14.6 Å². The van der Waals surface area contributed by atoms with Gasteiger partial charge in [0.15, 0.2) is 0 Å². The van der Waals surface area contributed by atoms with Gasteiger partial charge in [0, 0.05) is 12.6 Å². The van der Waals surface area contributed by atoms with E-state index in [4.69, 9.17) is 0 Å². The van der Waals surface area contributed by atoms with Crippen LogP contribution in [0.1, 0.15) is 32.6 Å². The van der Waals surface area contributed by atoms with Crippen LogP contribution in [0.25, 0.3) is 0 Å². The Kier molecular flexibility index (Phi) is 5.05. The van der Waals surface area contributed by atoms with Crippen molar-refractivity contribution in [3.63, 3.8) is 0 Å². The van der Waals surface area contributed by atoms with E-state index in [1.165, 1.54) is 20.0 Å². The lowest BCUT2D eigenvalue weighted by atomic mass is 9.84. The van der Waals surface area contributed by atoms with Gasteiger partial charge in [-0.1, -0.05) is 12.8 Å². The number of methoxy groups -OCH3 is 1. The molecule has 3 atom stereocenters. The maximum atomic E-state index is 11.2. The Morgan fingerprint density at radius 3 is 2.80 bits per heavy atom. The number of ether oxygens (including phenoxy) is 1. The zero-order valence-electron chi connectivity index (χ0n) is 9.53. The van der Waals surface area contributed by atoms with Crippen LogP contribution >= 0.6 is 0 Å². The van der Waals surface area contributed by atoms with Crippen molar-refractivity contribution in [1.82, 2.24) is 5.32 Å². The zero-order valence-corrected chi connectivity index (χ0v) is 9.53. The van der Waals surface area contributed by atoms with Crippen molar-refractivity contribution in [2.24, 2.45) is 5.92 Å². The van der Waals surface area contributed by atoms with Crippen LogP contribution in [0.3, 0.4) is 0 Å². The number of nitrogens with one attached hydrogen (secondary N) is 1. The number of aliphatic hydroxyl groups excluding tert-OH is 1. The lowest BCUT2D eigenvalue weighted by Gasteiger charge is -2.32. The van der Waals surface area contributed by atoms with Gasteiger partial charge in [-0.05, 0) is 25.7 Å². The quantitative estimate of drug-likeness (QED) is 0.677. The molecule has 0 aliphatic heterocycles. The first kappa shape index (κ1) is 12.5. The van der Waals surface area contributed by atoms with Gasteiger partial charge in [0.25, 0.3) is 0 Å². The number of aliphatic hydroxyl groups is 1. The molecule has 0 aromatic rings. The normalized spacial score (nSPS) is 28.5. The average molecular weight is 215 g/mol. The Balaban J connectivity index is 2.43. The van der Waals surface area contributed by atoms with Gasteiger partial charge in [-0.3, -0.25) is 4.79 Å². The second kappa shape index (κ2) is 6.08. The van der Waals surface area contributed by atoms with Crippen molar-refractivity contribution in [3.8, 4) is 0 Å². The monoisotopic (exact) mass is 215 g/mol. The Hall–Kier alpha value is -0.610. The van der Waals surface area contributed by atoms with Crippen LogP contribution in [0.2, 0.25) is 0 Å². The summed E-state index contributed by atoms with van der Waals surface area (Å²) in [6, 6.07) is -0.0370. The second-order valence-electron chi connectivity index (χ2n) is 4.25. The number of rotatable bonds is 4. The van der Waals surface area contributed by atoms with Crippen LogP contribution in [0.5, 0.6) is 0 Å². The first-order chi connectivity index (χ1) is 7.19.